The van der Waals surface area contributed by atoms with Crippen LogP contribution in [0.5, 0.6) is 0 Å². The van der Waals surface area contributed by atoms with Gasteiger partial charge in [0.15, 0.2) is 0 Å². The molecule has 0 aliphatic heterocycles. The number of amides is 1. The van der Waals surface area contributed by atoms with E-state index >= 15 is 0 Å². The predicted molar refractivity (Wildman–Crippen MR) is 129 cm³/mol. The summed E-state index contributed by atoms with van der Waals surface area (Å²) in [6.07, 6.45) is 8.49. The minimum Gasteiger partial charge on any atom is -0.480 e. The third-order valence-corrected chi connectivity index (χ3v) is 6.65. The fraction of sp³-hybridized carbons (Fsp3) is 0.423. The molecule has 0 radical (unpaired) electrons. The molecule has 33 heavy (non-hydrogen) atoms. The number of rotatable bonds is 8. The molecule has 1 aliphatic carbocycles. The molecule has 2 unspecified atom stereocenters. The molecule has 1 fully saturated rings. The standard InChI is InChI=1S/C26H32N4O3/c1-3-17(2)22(26(32)33)29-25(31)19-14-15-30-21(16-19)28-23(18-10-6-4-7-11-18)24(30)27-20-12-8-5-9-13-20/h4,6-7,10-11,14-17,20,22,27H,3,5,8-9,12-13H2,1-2H3,(H,29,31)(H,32,33). The van der Waals surface area contributed by atoms with Crippen molar-refractivity contribution in [2.45, 2.75) is 64.5 Å². The molecule has 3 N–H and O–H groups in total. The highest BCUT2D eigenvalue weighted by molar-refractivity contribution is 5.97. The molecule has 1 amide bonds. The molecule has 174 valence electrons. The number of carbonyl (C=O) groups is 2. The van der Waals surface area contributed by atoms with Crippen LogP contribution in [0.1, 0.15) is 62.7 Å². The number of aliphatic carboxylic acids is 1. The Hall–Kier alpha value is -3.35. The second-order valence-corrected chi connectivity index (χ2v) is 8.97. The molecule has 7 heteroatoms. The van der Waals surface area contributed by atoms with Crippen LogP contribution < -0.4 is 10.6 Å². The van der Waals surface area contributed by atoms with Crippen molar-refractivity contribution in [3.63, 3.8) is 0 Å². The van der Waals surface area contributed by atoms with Crippen molar-refractivity contribution in [3.8, 4) is 11.3 Å². The van der Waals surface area contributed by atoms with Crippen molar-refractivity contribution >= 4 is 23.3 Å². The van der Waals surface area contributed by atoms with Crippen molar-refractivity contribution in [3.05, 3.63) is 54.2 Å². The van der Waals surface area contributed by atoms with E-state index in [0.29, 0.717) is 23.7 Å². The molecule has 1 aromatic carbocycles. The van der Waals surface area contributed by atoms with Crippen molar-refractivity contribution in [1.29, 1.82) is 0 Å². The van der Waals surface area contributed by atoms with E-state index in [1.807, 2.05) is 54.8 Å². The van der Waals surface area contributed by atoms with Gasteiger partial charge in [0, 0.05) is 23.4 Å². The molecule has 2 heterocycles. The molecule has 3 aromatic rings. The number of carboxylic acid groups (broad SMARTS) is 1. The van der Waals surface area contributed by atoms with Gasteiger partial charge in [-0.3, -0.25) is 9.20 Å². The molecule has 1 aliphatic rings. The van der Waals surface area contributed by atoms with Gasteiger partial charge < -0.3 is 15.7 Å². The summed E-state index contributed by atoms with van der Waals surface area (Å²) in [7, 11) is 0. The largest absolute Gasteiger partial charge is 0.480 e. The minimum absolute atomic E-state index is 0.169. The lowest BCUT2D eigenvalue weighted by atomic mass is 9.95. The monoisotopic (exact) mass is 448 g/mol. The maximum atomic E-state index is 12.9. The Labute approximate surface area is 194 Å². The number of nitrogens with one attached hydrogen (secondary N) is 2. The van der Waals surface area contributed by atoms with Crippen LogP contribution in [0, 0.1) is 5.92 Å². The SMILES string of the molecule is CCC(C)C(NC(=O)c1ccn2c(NC3CCCCC3)c(-c3ccccc3)nc2c1)C(=O)O. The summed E-state index contributed by atoms with van der Waals surface area (Å²) >= 11 is 0. The smallest absolute Gasteiger partial charge is 0.326 e. The normalized spacial score (nSPS) is 16.3. The lowest BCUT2D eigenvalue weighted by molar-refractivity contribution is -0.140. The van der Waals surface area contributed by atoms with Crippen LogP contribution in [0.4, 0.5) is 5.82 Å². The summed E-state index contributed by atoms with van der Waals surface area (Å²) in [5, 5.41) is 15.9. The van der Waals surface area contributed by atoms with Gasteiger partial charge in [0.1, 0.15) is 23.2 Å². The van der Waals surface area contributed by atoms with E-state index in [9.17, 15) is 14.7 Å². The van der Waals surface area contributed by atoms with Crippen LogP contribution in [0.25, 0.3) is 16.9 Å². The first-order valence-corrected chi connectivity index (χ1v) is 11.9. The van der Waals surface area contributed by atoms with Gasteiger partial charge >= 0.3 is 5.97 Å². The number of carboxylic acids is 1. The number of hydrogen-bond acceptors (Lipinski definition) is 4. The summed E-state index contributed by atoms with van der Waals surface area (Å²) in [5.41, 5.74) is 2.90. The zero-order chi connectivity index (χ0) is 23.4. The number of imidazole rings is 1. The van der Waals surface area contributed by atoms with Crippen molar-refractivity contribution in [2.24, 2.45) is 5.92 Å². The highest BCUT2D eigenvalue weighted by Crippen LogP contribution is 2.31. The molecular formula is C26H32N4O3. The fourth-order valence-corrected chi connectivity index (χ4v) is 4.47. The maximum Gasteiger partial charge on any atom is 0.326 e. The summed E-state index contributed by atoms with van der Waals surface area (Å²) < 4.78 is 1.98. The number of pyridine rings is 1. The molecule has 2 atom stereocenters. The van der Waals surface area contributed by atoms with Crippen molar-refractivity contribution < 1.29 is 14.7 Å². The number of nitrogens with zero attached hydrogens (tertiary/aromatic N) is 2. The van der Waals surface area contributed by atoms with Crippen LogP contribution in [0.15, 0.2) is 48.7 Å². The summed E-state index contributed by atoms with van der Waals surface area (Å²) in [4.78, 5) is 29.4. The zero-order valence-corrected chi connectivity index (χ0v) is 19.3. The number of carbonyl (C=O) groups excluding carboxylic acids is 1. The molecule has 4 rings (SSSR count). The molecule has 7 nitrogen and oxygen atoms in total. The van der Waals surface area contributed by atoms with Gasteiger partial charge in [0.2, 0.25) is 0 Å². The number of benzene rings is 1. The van der Waals surface area contributed by atoms with Gasteiger partial charge in [-0.05, 0) is 30.9 Å². The summed E-state index contributed by atoms with van der Waals surface area (Å²) in [6, 6.07) is 12.9. The fourth-order valence-electron chi connectivity index (χ4n) is 4.47. The van der Waals surface area contributed by atoms with E-state index in [-0.39, 0.29) is 5.92 Å². The second kappa shape index (κ2) is 10.1. The number of aromatic nitrogens is 2. The summed E-state index contributed by atoms with van der Waals surface area (Å²) in [6.45, 7) is 3.74. The Kier molecular flexibility index (Phi) is 6.96. The Balaban J connectivity index is 1.68. The Bertz CT molecular complexity index is 1120. The quantitative estimate of drug-likeness (QED) is 0.452. The molecule has 0 spiro atoms. The lowest BCUT2D eigenvalue weighted by Gasteiger charge is -2.24. The predicted octanol–water partition coefficient (Wildman–Crippen LogP) is 4.98. The summed E-state index contributed by atoms with van der Waals surface area (Å²) in [5.74, 6) is -0.670. The van der Waals surface area contributed by atoms with Crippen molar-refractivity contribution in [1.82, 2.24) is 14.7 Å². The highest BCUT2D eigenvalue weighted by Gasteiger charge is 2.26. The van der Waals surface area contributed by atoms with Gasteiger partial charge in [-0.2, -0.15) is 0 Å². The van der Waals surface area contributed by atoms with E-state index in [1.54, 1.807) is 12.1 Å². The molecule has 0 saturated heterocycles. The molecule has 1 saturated carbocycles. The Morgan fingerprint density at radius 2 is 1.88 bits per heavy atom. The van der Waals surface area contributed by atoms with Crippen molar-refractivity contribution in [2.75, 3.05) is 5.32 Å². The van der Waals surface area contributed by atoms with Gasteiger partial charge in [0.05, 0.1) is 0 Å². The minimum atomic E-state index is -1.02. The maximum absolute atomic E-state index is 12.9. The molecule has 2 aromatic heterocycles. The number of anilines is 1. The topological polar surface area (TPSA) is 95.7 Å². The molecule has 0 bridgehead atoms. The third kappa shape index (κ3) is 5.02. The van der Waals surface area contributed by atoms with Gasteiger partial charge in [-0.1, -0.05) is 69.9 Å². The highest BCUT2D eigenvalue weighted by atomic mass is 16.4. The van der Waals surface area contributed by atoms with Gasteiger partial charge in [-0.25, -0.2) is 9.78 Å². The van der Waals surface area contributed by atoms with Crippen LogP contribution in [0.2, 0.25) is 0 Å². The second-order valence-electron chi connectivity index (χ2n) is 8.97. The van der Waals surface area contributed by atoms with E-state index in [4.69, 9.17) is 4.98 Å². The van der Waals surface area contributed by atoms with E-state index in [0.717, 1.165) is 29.9 Å². The zero-order valence-electron chi connectivity index (χ0n) is 19.3. The Morgan fingerprint density at radius 1 is 1.15 bits per heavy atom. The van der Waals surface area contributed by atoms with Crippen LogP contribution >= 0.6 is 0 Å². The Morgan fingerprint density at radius 3 is 2.55 bits per heavy atom. The first-order chi connectivity index (χ1) is 16.0. The number of hydrogen-bond donors (Lipinski definition) is 3. The average molecular weight is 449 g/mol. The molecular weight excluding hydrogens is 416 g/mol. The van der Waals surface area contributed by atoms with Gasteiger partial charge in [0.25, 0.3) is 5.91 Å². The van der Waals surface area contributed by atoms with E-state index < -0.39 is 17.9 Å². The van der Waals surface area contributed by atoms with E-state index in [2.05, 4.69) is 10.6 Å². The third-order valence-electron chi connectivity index (χ3n) is 6.65. The van der Waals surface area contributed by atoms with Crippen LogP contribution in [0.3, 0.4) is 0 Å². The van der Waals surface area contributed by atoms with Gasteiger partial charge in [-0.15, -0.1) is 0 Å². The van der Waals surface area contributed by atoms with E-state index in [1.165, 1.54) is 19.3 Å². The van der Waals surface area contributed by atoms with Crippen LogP contribution in [-0.2, 0) is 4.79 Å². The lowest BCUT2D eigenvalue weighted by Crippen LogP contribution is -2.45. The van der Waals surface area contributed by atoms with Crippen LogP contribution in [-0.4, -0.2) is 38.5 Å². The first kappa shape index (κ1) is 22.8. The first-order valence-electron chi connectivity index (χ1n) is 11.9. The number of fused-ring (bicyclic) bond motifs is 1. The average Bonchev–Trinajstić information content (AvgIpc) is 3.20.